The summed E-state index contributed by atoms with van der Waals surface area (Å²) in [6, 6.07) is 16.0. The van der Waals surface area contributed by atoms with Crippen LogP contribution in [0.25, 0.3) is 16.7 Å². The van der Waals surface area contributed by atoms with Crippen LogP contribution in [0.5, 0.6) is 11.5 Å². The second-order valence-corrected chi connectivity index (χ2v) is 11.7. The molecular weight excluding hydrogens is 509 g/mol. The molecule has 3 aromatic rings. The number of hydrogen-bond donors (Lipinski definition) is 2. The number of rotatable bonds is 7. The van der Waals surface area contributed by atoms with E-state index in [4.69, 9.17) is 9.47 Å². The Labute approximate surface area is 232 Å². The normalized spacial score (nSPS) is 22.4. The third kappa shape index (κ3) is 4.34. The number of nitrogens with one attached hydrogen (secondary N) is 1. The van der Waals surface area contributed by atoms with Gasteiger partial charge in [0.15, 0.2) is 0 Å². The third-order valence-electron chi connectivity index (χ3n) is 8.80. The van der Waals surface area contributed by atoms with E-state index in [-0.39, 0.29) is 23.7 Å². The number of methoxy groups -OCH3 is 1. The van der Waals surface area contributed by atoms with Crippen molar-refractivity contribution >= 4 is 17.4 Å². The monoisotopic (exact) mass is 541 g/mol. The van der Waals surface area contributed by atoms with Crippen LogP contribution < -0.4 is 14.8 Å². The number of allylic oxidation sites excluding steroid dienone is 2. The second kappa shape index (κ2) is 9.51. The van der Waals surface area contributed by atoms with Crippen LogP contribution in [0.1, 0.15) is 60.2 Å². The molecular formula is C33H32FNO5. The maximum absolute atomic E-state index is 15.1. The fourth-order valence-electron chi connectivity index (χ4n) is 6.38. The van der Waals surface area contributed by atoms with Crippen LogP contribution in [0.3, 0.4) is 0 Å². The molecule has 0 aromatic heterocycles. The molecule has 1 amide bonds. The highest BCUT2D eigenvalue weighted by Gasteiger charge is 2.62. The Morgan fingerprint density at radius 3 is 2.50 bits per heavy atom. The van der Waals surface area contributed by atoms with Crippen molar-refractivity contribution < 1.29 is 28.6 Å². The maximum atomic E-state index is 15.1. The Morgan fingerprint density at radius 1 is 1.02 bits per heavy atom. The minimum absolute atomic E-state index is 0.0537. The fourth-order valence-corrected chi connectivity index (χ4v) is 6.38. The number of carboxylic acids is 1. The van der Waals surface area contributed by atoms with Gasteiger partial charge in [0.2, 0.25) is 0 Å². The van der Waals surface area contributed by atoms with Gasteiger partial charge in [0.25, 0.3) is 5.91 Å². The number of fused-ring (bicyclic) bond motifs is 2. The number of carboxylic acid groups (broad SMARTS) is 1. The lowest BCUT2D eigenvalue weighted by Gasteiger charge is -2.27. The number of carbonyl (C=O) groups is 2. The molecule has 1 fully saturated rings. The van der Waals surface area contributed by atoms with Gasteiger partial charge in [0, 0.05) is 23.1 Å². The second-order valence-electron chi connectivity index (χ2n) is 11.7. The van der Waals surface area contributed by atoms with E-state index < -0.39 is 17.3 Å². The van der Waals surface area contributed by atoms with Gasteiger partial charge in [0.1, 0.15) is 23.9 Å². The van der Waals surface area contributed by atoms with Crippen LogP contribution in [-0.4, -0.2) is 30.6 Å². The predicted molar refractivity (Wildman–Crippen MR) is 150 cm³/mol. The molecule has 40 heavy (non-hydrogen) atoms. The lowest BCUT2D eigenvalue weighted by Crippen LogP contribution is -2.41. The van der Waals surface area contributed by atoms with E-state index >= 15 is 4.39 Å². The van der Waals surface area contributed by atoms with Gasteiger partial charge in [-0.3, -0.25) is 9.59 Å². The fraction of sp³-hybridized carbons (Fsp3) is 0.333. The van der Waals surface area contributed by atoms with Crippen molar-refractivity contribution in [2.75, 3.05) is 13.7 Å². The first-order valence-corrected chi connectivity index (χ1v) is 13.6. The first kappa shape index (κ1) is 26.1. The van der Waals surface area contributed by atoms with Crippen LogP contribution in [0.4, 0.5) is 4.39 Å². The summed E-state index contributed by atoms with van der Waals surface area (Å²) in [5, 5.41) is 12.4. The summed E-state index contributed by atoms with van der Waals surface area (Å²) < 4.78 is 26.6. The van der Waals surface area contributed by atoms with Crippen LogP contribution in [0, 0.1) is 17.2 Å². The summed E-state index contributed by atoms with van der Waals surface area (Å²) in [5.41, 5.74) is 4.98. The molecule has 7 heteroatoms. The zero-order valence-electron chi connectivity index (χ0n) is 22.8. The van der Waals surface area contributed by atoms with Crippen LogP contribution >= 0.6 is 0 Å². The number of amides is 1. The van der Waals surface area contributed by atoms with Gasteiger partial charge in [0.05, 0.1) is 13.0 Å². The van der Waals surface area contributed by atoms with Gasteiger partial charge >= 0.3 is 5.97 Å². The number of aliphatic carboxylic acids is 1. The van der Waals surface area contributed by atoms with Gasteiger partial charge in [-0.05, 0) is 95.0 Å². The molecule has 0 radical (unpaired) electrons. The molecule has 6 rings (SSSR count). The molecule has 1 aliphatic heterocycles. The number of ether oxygens (including phenoxy) is 2. The molecule has 0 bridgehead atoms. The van der Waals surface area contributed by atoms with Crippen molar-refractivity contribution in [2.45, 2.75) is 45.1 Å². The Morgan fingerprint density at radius 2 is 1.80 bits per heavy atom. The van der Waals surface area contributed by atoms with E-state index in [1.807, 2.05) is 18.2 Å². The van der Waals surface area contributed by atoms with Crippen molar-refractivity contribution in [2.24, 2.45) is 11.3 Å². The summed E-state index contributed by atoms with van der Waals surface area (Å²) >= 11 is 0. The molecule has 1 spiro atoms. The molecule has 6 nitrogen and oxygen atoms in total. The average Bonchev–Trinajstić information content (AvgIpc) is 3.57. The maximum Gasteiger partial charge on any atom is 0.307 e. The third-order valence-corrected chi connectivity index (χ3v) is 8.80. The van der Waals surface area contributed by atoms with E-state index in [1.165, 1.54) is 11.6 Å². The summed E-state index contributed by atoms with van der Waals surface area (Å²) in [6.07, 6.45) is 4.72. The van der Waals surface area contributed by atoms with Gasteiger partial charge in [-0.2, -0.15) is 0 Å². The molecule has 1 heterocycles. The quantitative estimate of drug-likeness (QED) is 0.363. The zero-order chi connectivity index (χ0) is 28.2. The highest BCUT2D eigenvalue weighted by atomic mass is 19.1. The van der Waals surface area contributed by atoms with Crippen molar-refractivity contribution in [1.82, 2.24) is 5.32 Å². The number of benzene rings is 3. The van der Waals surface area contributed by atoms with Crippen LogP contribution in [0.15, 0.2) is 60.7 Å². The Kier molecular flexibility index (Phi) is 6.21. The molecule has 206 valence electrons. The molecule has 2 N–H and O–H groups in total. The Bertz CT molecular complexity index is 1580. The smallest absolute Gasteiger partial charge is 0.307 e. The Hall–Kier alpha value is -4.13. The van der Waals surface area contributed by atoms with E-state index in [9.17, 15) is 14.7 Å². The Balaban J connectivity index is 1.33. The number of hydrogen-bond acceptors (Lipinski definition) is 4. The minimum Gasteiger partial charge on any atom is -0.497 e. The SMILES string of the molecule is COc1ccc(F)c(-c2ccc(COc3ccc4c(c3)[C@]3(CNC4=O)C[C@H]3C(=O)O)cc2C2=CCCC2(C)C)c1. The topological polar surface area (TPSA) is 84.9 Å². The zero-order valence-corrected chi connectivity index (χ0v) is 22.8. The van der Waals surface area contributed by atoms with Gasteiger partial charge < -0.3 is 19.9 Å². The highest BCUT2D eigenvalue weighted by Crippen LogP contribution is 2.56. The summed E-state index contributed by atoms with van der Waals surface area (Å²) in [7, 11) is 1.57. The lowest BCUT2D eigenvalue weighted by molar-refractivity contribution is -0.139. The predicted octanol–water partition coefficient (Wildman–Crippen LogP) is 6.37. The molecule has 0 unspecified atom stereocenters. The molecule has 2 aliphatic carbocycles. The van der Waals surface area contributed by atoms with Crippen LogP contribution in [0.2, 0.25) is 0 Å². The van der Waals surface area contributed by atoms with E-state index in [0.29, 0.717) is 35.6 Å². The molecule has 0 saturated heterocycles. The highest BCUT2D eigenvalue weighted by molar-refractivity contribution is 5.99. The first-order valence-electron chi connectivity index (χ1n) is 13.6. The molecule has 3 aromatic carbocycles. The van der Waals surface area contributed by atoms with Gasteiger partial charge in [-0.15, -0.1) is 0 Å². The average molecular weight is 542 g/mol. The van der Waals surface area contributed by atoms with E-state index in [1.54, 1.807) is 31.4 Å². The summed E-state index contributed by atoms with van der Waals surface area (Å²) in [4.78, 5) is 24.2. The van der Waals surface area contributed by atoms with Crippen molar-refractivity contribution in [1.29, 1.82) is 0 Å². The molecule has 2 atom stereocenters. The lowest BCUT2D eigenvalue weighted by atomic mass is 9.79. The summed E-state index contributed by atoms with van der Waals surface area (Å²) in [5.74, 6) is -0.701. The van der Waals surface area contributed by atoms with Gasteiger partial charge in [-0.25, -0.2) is 4.39 Å². The van der Waals surface area contributed by atoms with E-state index in [2.05, 4.69) is 31.3 Å². The molecule has 1 saturated carbocycles. The first-order chi connectivity index (χ1) is 19.1. The van der Waals surface area contributed by atoms with Crippen molar-refractivity contribution in [3.63, 3.8) is 0 Å². The summed E-state index contributed by atoms with van der Waals surface area (Å²) in [6.45, 7) is 5.00. The van der Waals surface area contributed by atoms with Gasteiger partial charge in [-0.1, -0.05) is 32.1 Å². The van der Waals surface area contributed by atoms with Crippen molar-refractivity contribution in [3.05, 3.63) is 88.7 Å². The largest absolute Gasteiger partial charge is 0.497 e. The number of carbonyl (C=O) groups excluding carboxylic acids is 1. The standard InChI is InChI=1S/C33H32FNO5/c1-32(2)12-4-5-26(32)24-13-19(6-9-22(24)25-14-20(39-3)8-11-29(25)34)17-40-21-7-10-23-27(15-21)33(18-35-30(23)36)16-28(33)31(37)38/h5-11,13-15,28H,4,12,16-18H2,1-3H3,(H,35,36)(H,37,38)/t28-,33+/m0/s1. The van der Waals surface area contributed by atoms with E-state index in [0.717, 1.165) is 35.1 Å². The van der Waals surface area contributed by atoms with Crippen molar-refractivity contribution in [3.8, 4) is 22.6 Å². The minimum atomic E-state index is -0.849. The molecule has 3 aliphatic rings. The van der Waals surface area contributed by atoms with Crippen LogP contribution in [-0.2, 0) is 16.8 Å². The number of halogens is 1.